The molecule has 0 aliphatic heterocycles. The van der Waals surface area contributed by atoms with Crippen molar-refractivity contribution in [1.29, 1.82) is 5.26 Å². The highest BCUT2D eigenvalue weighted by atomic mass is 16.5. The molecule has 0 aliphatic carbocycles. The van der Waals surface area contributed by atoms with E-state index < -0.39 is 6.10 Å². The first-order chi connectivity index (χ1) is 18.4. The van der Waals surface area contributed by atoms with Gasteiger partial charge in [-0.15, -0.1) is 0 Å². The van der Waals surface area contributed by atoms with E-state index in [2.05, 4.69) is 35.2 Å². The van der Waals surface area contributed by atoms with Crippen molar-refractivity contribution in [1.82, 2.24) is 15.3 Å². The van der Waals surface area contributed by atoms with Gasteiger partial charge in [0, 0.05) is 40.6 Å². The van der Waals surface area contributed by atoms with Gasteiger partial charge in [-0.2, -0.15) is 5.26 Å². The summed E-state index contributed by atoms with van der Waals surface area (Å²) in [5.74, 6) is 1.88. The Morgan fingerprint density at radius 3 is 2.55 bits per heavy atom. The van der Waals surface area contributed by atoms with Gasteiger partial charge in [0.2, 0.25) is 5.88 Å². The van der Waals surface area contributed by atoms with Gasteiger partial charge < -0.3 is 24.9 Å². The smallest absolute Gasteiger partial charge is 0.219 e. The molecule has 192 valence electrons. The predicted octanol–water partition coefficient (Wildman–Crippen LogP) is 5.73. The Labute approximate surface area is 221 Å². The number of aliphatic hydroxyl groups is 1. The average Bonchev–Trinajstić information content (AvgIpc) is 3.31. The van der Waals surface area contributed by atoms with Crippen LogP contribution in [-0.4, -0.2) is 39.9 Å². The number of pyridine rings is 1. The van der Waals surface area contributed by atoms with Gasteiger partial charge in [-0.1, -0.05) is 36.4 Å². The second kappa shape index (κ2) is 10.9. The zero-order valence-corrected chi connectivity index (χ0v) is 21.4. The number of para-hydroxylation sites is 1. The fraction of sp³-hybridized carbons (Fsp3) is 0.226. The van der Waals surface area contributed by atoms with Crippen LogP contribution in [0.1, 0.15) is 25.0 Å². The summed E-state index contributed by atoms with van der Waals surface area (Å²) in [5.41, 5.74) is 3.47. The van der Waals surface area contributed by atoms with Crippen LogP contribution >= 0.6 is 0 Å². The van der Waals surface area contributed by atoms with Crippen LogP contribution in [0.25, 0.3) is 21.8 Å². The highest BCUT2D eigenvalue weighted by molar-refractivity contribution is 6.10. The van der Waals surface area contributed by atoms with Crippen LogP contribution < -0.4 is 14.8 Å². The van der Waals surface area contributed by atoms with E-state index in [1.54, 1.807) is 12.1 Å². The Morgan fingerprint density at radius 2 is 1.79 bits per heavy atom. The fourth-order valence-electron chi connectivity index (χ4n) is 4.50. The third kappa shape index (κ3) is 5.94. The third-order valence-electron chi connectivity index (χ3n) is 6.40. The number of ether oxygens (including phenoxy) is 2. The minimum atomic E-state index is -0.662. The molecule has 2 aromatic heterocycles. The molecule has 0 saturated carbocycles. The van der Waals surface area contributed by atoms with Crippen molar-refractivity contribution in [2.75, 3.05) is 13.2 Å². The normalized spacial score (nSPS) is 12.4. The van der Waals surface area contributed by atoms with Crippen LogP contribution in [0.4, 0.5) is 0 Å². The van der Waals surface area contributed by atoms with Crippen LogP contribution in [0.2, 0.25) is 0 Å². The van der Waals surface area contributed by atoms with Gasteiger partial charge in [0.1, 0.15) is 30.3 Å². The average molecular weight is 507 g/mol. The van der Waals surface area contributed by atoms with Crippen LogP contribution in [-0.2, 0) is 6.42 Å². The molecule has 2 heterocycles. The van der Waals surface area contributed by atoms with Crippen LogP contribution in [0, 0.1) is 11.3 Å². The number of aliphatic hydroxyl groups excluding tert-OH is 1. The molecule has 1 atom stereocenters. The lowest BCUT2D eigenvalue weighted by atomic mass is 9.94. The molecule has 3 N–H and O–H groups in total. The van der Waals surface area contributed by atoms with Crippen molar-refractivity contribution < 1.29 is 14.6 Å². The van der Waals surface area contributed by atoms with Crippen LogP contribution in [0.3, 0.4) is 0 Å². The number of hydrogen-bond donors (Lipinski definition) is 3. The lowest BCUT2D eigenvalue weighted by molar-refractivity contribution is 0.0996. The van der Waals surface area contributed by atoms with Gasteiger partial charge in [-0.3, -0.25) is 0 Å². The quantitative estimate of drug-likeness (QED) is 0.224. The molecule has 3 aromatic carbocycles. The van der Waals surface area contributed by atoms with Gasteiger partial charge in [-0.05, 0) is 62.2 Å². The van der Waals surface area contributed by atoms with Crippen molar-refractivity contribution in [3.8, 4) is 23.4 Å². The van der Waals surface area contributed by atoms with E-state index in [0.717, 1.165) is 39.5 Å². The van der Waals surface area contributed by atoms with E-state index in [1.165, 1.54) is 6.20 Å². The lowest BCUT2D eigenvalue weighted by Crippen LogP contribution is -2.46. The predicted molar refractivity (Wildman–Crippen MR) is 149 cm³/mol. The maximum absolute atomic E-state index is 10.6. The zero-order chi connectivity index (χ0) is 26.5. The van der Waals surface area contributed by atoms with Crippen LogP contribution in [0.5, 0.6) is 17.4 Å². The molecule has 5 rings (SSSR count). The Hall–Kier alpha value is -4.38. The summed E-state index contributed by atoms with van der Waals surface area (Å²) < 4.78 is 11.8. The van der Waals surface area contributed by atoms with Gasteiger partial charge in [0.05, 0.1) is 11.1 Å². The maximum atomic E-state index is 10.6. The first kappa shape index (κ1) is 25.3. The van der Waals surface area contributed by atoms with Crippen molar-refractivity contribution >= 4 is 21.8 Å². The summed E-state index contributed by atoms with van der Waals surface area (Å²) in [6.07, 6.45) is 1.59. The number of aromatic nitrogens is 2. The van der Waals surface area contributed by atoms with Crippen molar-refractivity contribution in [3.05, 3.63) is 96.2 Å². The van der Waals surface area contributed by atoms with Crippen molar-refractivity contribution in [2.45, 2.75) is 31.9 Å². The number of β-amino-alcohol motifs (C(OH)–C–C–N with tert-alkyl or cyclic N) is 1. The Balaban J connectivity index is 1.13. The number of hydrogen-bond acceptors (Lipinski definition) is 6. The molecule has 0 fully saturated rings. The second-order valence-corrected chi connectivity index (χ2v) is 10.00. The monoisotopic (exact) mass is 506 g/mol. The Morgan fingerprint density at radius 1 is 1.00 bits per heavy atom. The maximum Gasteiger partial charge on any atom is 0.219 e. The van der Waals surface area contributed by atoms with Gasteiger partial charge in [-0.25, -0.2) is 4.98 Å². The Kier molecular flexibility index (Phi) is 7.27. The molecular formula is C31H30N4O3. The number of aromatic amines is 1. The summed E-state index contributed by atoms with van der Waals surface area (Å²) in [6.45, 7) is 4.82. The number of nitrogens with one attached hydrogen (secondary N) is 2. The zero-order valence-electron chi connectivity index (χ0n) is 21.4. The minimum Gasteiger partial charge on any atom is -0.490 e. The van der Waals surface area contributed by atoms with E-state index in [0.29, 0.717) is 23.7 Å². The van der Waals surface area contributed by atoms with Crippen molar-refractivity contribution in [2.24, 2.45) is 0 Å². The van der Waals surface area contributed by atoms with E-state index in [1.807, 2.05) is 66.7 Å². The largest absolute Gasteiger partial charge is 0.490 e. The van der Waals surface area contributed by atoms with E-state index in [4.69, 9.17) is 14.7 Å². The van der Waals surface area contributed by atoms with E-state index >= 15 is 0 Å². The minimum absolute atomic E-state index is 0.192. The van der Waals surface area contributed by atoms with Gasteiger partial charge >= 0.3 is 0 Å². The topological polar surface area (TPSA) is 103 Å². The number of nitriles is 1. The van der Waals surface area contributed by atoms with E-state index in [-0.39, 0.29) is 12.1 Å². The molecule has 0 aliphatic rings. The standard InChI is InChI=1S/C31H30N4O3/c1-31(2,16-21-10-13-24(14-11-21)38-29-15-12-22(17-32)18-33-29)34-19-23(36)20-37-28-9-5-8-27-30(28)25-6-3-4-7-26(25)35-27/h3-15,18,23,34-36H,16,19-20H2,1-2H3/t23-/m0/s1. The summed E-state index contributed by atoms with van der Waals surface area (Å²) in [5, 5.41) is 25.1. The summed E-state index contributed by atoms with van der Waals surface area (Å²) in [7, 11) is 0. The Bertz CT molecular complexity index is 1570. The number of H-pyrrole nitrogens is 1. The first-order valence-electron chi connectivity index (χ1n) is 12.6. The summed E-state index contributed by atoms with van der Waals surface area (Å²) >= 11 is 0. The fourth-order valence-corrected chi connectivity index (χ4v) is 4.50. The highest BCUT2D eigenvalue weighted by Crippen LogP contribution is 2.33. The van der Waals surface area contributed by atoms with Crippen molar-refractivity contribution in [3.63, 3.8) is 0 Å². The second-order valence-electron chi connectivity index (χ2n) is 10.00. The van der Waals surface area contributed by atoms with Crippen LogP contribution in [0.15, 0.2) is 85.1 Å². The molecule has 0 spiro atoms. The number of benzene rings is 3. The molecule has 7 nitrogen and oxygen atoms in total. The van der Waals surface area contributed by atoms with Gasteiger partial charge in [0.15, 0.2) is 0 Å². The molecule has 0 amide bonds. The molecular weight excluding hydrogens is 476 g/mol. The number of rotatable bonds is 10. The molecule has 0 saturated heterocycles. The number of nitrogens with zero attached hydrogens (tertiary/aromatic N) is 2. The molecule has 0 bridgehead atoms. The molecule has 0 unspecified atom stereocenters. The summed E-state index contributed by atoms with van der Waals surface area (Å²) in [4.78, 5) is 7.55. The number of fused-ring (bicyclic) bond motifs is 3. The summed E-state index contributed by atoms with van der Waals surface area (Å²) in [6, 6.07) is 27.3. The molecule has 0 radical (unpaired) electrons. The van der Waals surface area contributed by atoms with E-state index in [9.17, 15) is 5.11 Å². The molecule has 7 heteroatoms. The molecule has 5 aromatic rings. The molecule has 38 heavy (non-hydrogen) atoms. The third-order valence-corrected chi connectivity index (χ3v) is 6.40. The van der Waals surface area contributed by atoms with Gasteiger partial charge in [0.25, 0.3) is 0 Å². The lowest BCUT2D eigenvalue weighted by Gasteiger charge is -2.28. The highest BCUT2D eigenvalue weighted by Gasteiger charge is 2.20. The SMILES string of the molecule is CC(C)(Cc1ccc(Oc2ccc(C#N)cn2)cc1)NC[C@H](O)COc1cccc2[nH]c3ccccc3c12. The first-order valence-corrected chi connectivity index (χ1v) is 12.6.